The van der Waals surface area contributed by atoms with E-state index in [9.17, 15) is 10.2 Å². The van der Waals surface area contributed by atoms with Gasteiger partial charge in [-0.25, -0.2) is 0 Å². The summed E-state index contributed by atoms with van der Waals surface area (Å²) in [7, 11) is 2.19. The third kappa shape index (κ3) is 6.21. The Morgan fingerprint density at radius 3 is 2.73 bits per heavy atom. The summed E-state index contributed by atoms with van der Waals surface area (Å²) in [6.07, 6.45) is 7.49. The quantitative estimate of drug-likeness (QED) is 0.316. The SMILES string of the molecule is CC#CC[C@H](C)[C@H](O)/C=C/[C@@H]1[C@H]2c3cccc(CCCCN(C)C(C)(C)C)c3O[C@H]2C[C@H]1O. The molecule has 0 saturated heterocycles. The van der Waals surface area contributed by atoms with E-state index in [0.717, 1.165) is 31.6 Å². The van der Waals surface area contributed by atoms with E-state index in [-0.39, 0.29) is 29.4 Å². The van der Waals surface area contributed by atoms with Crippen LogP contribution in [0.2, 0.25) is 0 Å². The van der Waals surface area contributed by atoms with Gasteiger partial charge in [-0.2, -0.15) is 0 Å². The first-order chi connectivity index (χ1) is 15.6. The predicted octanol–water partition coefficient (Wildman–Crippen LogP) is 4.93. The predicted molar refractivity (Wildman–Crippen MR) is 135 cm³/mol. The molecular weight excluding hydrogens is 410 g/mol. The minimum Gasteiger partial charge on any atom is -0.489 e. The molecule has 4 nitrogen and oxygen atoms in total. The van der Waals surface area contributed by atoms with Crippen LogP contribution >= 0.6 is 0 Å². The first kappa shape index (κ1) is 25.8. The molecular formula is C29H43NO3. The highest BCUT2D eigenvalue weighted by Gasteiger charge is 2.48. The first-order valence-corrected chi connectivity index (χ1v) is 12.6. The number of hydrogen-bond acceptors (Lipinski definition) is 4. The van der Waals surface area contributed by atoms with Crippen LogP contribution in [0.5, 0.6) is 5.75 Å². The molecule has 6 atom stereocenters. The first-order valence-electron chi connectivity index (χ1n) is 12.6. The zero-order chi connectivity index (χ0) is 24.2. The standard InChI is InChI=1S/C29H43NO3/c1-7-8-12-20(2)24(31)17-16-22-25(32)19-26-27(22)23-15-11-14-21(28(23)33-26)13-9-10-18-30(6)29(3,4)5/h11,14-17,20,22,24-27,31-32H,9-10,12-13,18-19H2,1-6H3/b17-16+/t20-,22-,24+,25+,26-,27-/m0/s1. The fourth-order valence-electron chi connectivity index (χ4n) is 4.98. The van der Waals surface area contributed by atoms with Crippen LogP contribution < -0.4 is 4.74 Å². The Morgan fingerprint density at radius 1 is 1.27 bits per heavy atom. The van der Waals surface area contributed by atoms with E-state index in [1.165, 1.54) is 11.1 Å². The summed E-state index contributed by atoms with van der Waals surface area (Å²) in [6.45, 7) is 11.7. The molecule has 33 heavy (non-hydrogen) atoms. The second-order valence-electron chi connectivity index (χ2n) is 10.9. The van der Waals surface area contributed by atoms with Crippen LogP contribution in [-0.4, -0.2) is 52.6 Å². The number of aryl methyl sites for hydroxylation is 1. The maximum Gasteiger partial charge on any atom is 0.126 e. The summed E-state index contributed by atoms with van der Waals surface area (Å²) in [6, 6.07) is 6.48. The lowest BCUT2D eigenvalue weighted by Crippen LogP contribution is -2.38. The van der Waals surface area contributed by atoms with Gasteiger partial charge < -0.3 is 19.8 Å². The van der Waals surface area contributed by atoms with E-state index in [2.05, 4.69) is 62.8 Å². The van der Waals surface area contributed by atoms with Crippen LogP contribution in [0.3, 0.4) is 0 Å². The van der Waals surface area contributed by atoms with E-state index in [4.69, 9.17) is 4.74 Å². The Hall–Kier alpha value is -1.80. The summed E-state index contributed by atoms with van der Waals surface area (Å²) >= 11 is 0. The normalized spacial score (nSPS) is 26.0. The number of rotatable bonds is 9. The summed E-state index contributed by atoms with van der Waals surface area (Å²) in [5.74, 6) is 7.15. The number of nitrogens with zero attached hydrogens (tertiary/aromatic N) is 1. The topological polar surface area (TPSA) is 52.9 Å². The van der Waals surface area contributed by atoms with Crippen molar-refractivity contribution in [2.75, 3.05) is 13.6 Å². The Morgan fingerprint density at radius 2 is 2.03 bits per heavy atom. The van der Waals surface area contributed by atoms with Crippen molar-refractivity contribution in [2.45, 2.75) is 96.5 Å². The maximum absolute atomic E-state index is 10.7. The Balaban J connectivity index is 1.66. The molecule has 2 N–H and O–H groups in total. The average molecular weight is 454 g/mol. The fraction of sp³-hybridized carbons (Fsp3) is 0.655. The lowest BCUT2D eigenvalue weighted by molar-refractivity contribution is 0.134. The summed E-state index contributed by atoms with van der Waals surface area (Å²) in [4.78, 5) is 2.41. The Labute approximate surface area is 201 Å². The molecule has 0 radical (unpaired) electrons. The molecule has 1 aromatic rings. The Bertz CT molecular complexity index is 875. The molecule has 0 bridgehead atoms. The van der Waals surface area contributed by atoms with Gasteiger partial charge in [0.2, 0.25) is 0 Å². The van der Waals surface area contributed by atoms with Crippen LogP contribution in [0.4, 0.5) is 0 Å². The lowest BCUT2D eigenvalue weighted by atomic mass is 9.86. The van der Waals surface area contributed by atoms with Crippen molar-refractivity contribution >= 4 is 0 Å². The highest BCUT2D eigenvalue weighted by molar-refractivity contribution is 5.49. The number of hydrogen-bond donors (Lipinski definition) is 2. The molecule has 0 spiro atoms. The van der Waals surface area contributed by atoms with E-state index in [1.807, 2.05) is 26.0 Å². The Kier molecular flexibility index (Phi) is 8.67. The van der Waals surface area contributed by atoms with Crippen LogP contribution in [0, 0.1) is 23.7 Å². The molecule has 2 aliphatic rings. The van der Waals surface area contributed by atoms with E-state index in [1.54, 1.807) is 0 Å². The van der Waals surface area contributed by atoms with E-state index >= 15 is 0 Å². The molecule has 1 saturated carbocycles. The molecule has 3 rings (SSSR count). The molecule has 1 aliphatic heterocycles. The van der Waals surface area contributed by atoms with Gasteiger partial charge >= 0.3 is 0 Å². The molecule has 0 amide bonds. The van der Waals surface area contributed by atoms with Crippen LogP contribution in [0.15, 0.2) is 30.4 Å². The van der Waals surface area contributed by atoms with Gasteiger partial charge in [0, 0.05) is 35.8 Å². The van der Waals surface area contributed by atoms with Crippen molar-refractivity contribution in [1.29, 1.82) is 0 Å². The maximum atomic E-state index is 10.7. The van der Waals surface area contributed by atoms with Gasteiger partial charge in [0.25, 0.3) is 0 Å². The number of para-hydroxylation sites is 1. The zero-order valence-corrected chi connectivity index (χ0v) is 21.3. The van der Waals surface area contributed by atoms with Crippen molar-refractivity contribution in [2.24, 2.45) is 11.8 Å². The average Bonchev–Trinajstić information content (AvgIpc) is 3.27. The third-order valence-electron chi connectivity index (χ3n) is 7.54. The van der Waals surface area contributed by atoms with Crippen LogP contribution in [0.25, 0.3) is 0 Å². The highest BCUT2D eigenvalue weighted by atomic mass is 16.5. The van der Waals surface area contributed by atoms with Crippen molar-refractivity contribution < 1.29 is 14.9 Å². The molecule has 1 aromatic carbocycles. The van der Waals surface area contributed by atoms with Gasteiger partial charge in [-0.1, -0.05) is 37.3 Å². The molecule has 0 aromatic heterocycles. The smallest absolute Gasteiger partial charge is 0.126 e. The molecule has 1 aliphatic carbocycles. The van der Waals surface area contributed by atoms with Gasteiger partial charge in [-0.3, -0.25) is 0 Å². The summed E-state index contributed by atoms with van der Waals surface area (Å²) in [5.41, 5.74) is 2.70. The van der Waals surface area contributed by atoms with E-state index < -0.39 is 12.2 Å². The highest BCUT2D eigenvalue weighted by Crippen LogP contribution is 2.52. The largest absolute Gasteiger partial charge is 0.489 e. The van der Waals surface area contributed by atoms with Crippen molar-refractivity contribution in [3.8, 4) is 17.6 Å². The number of aliphatic hydroxyl groups excluding tert-OH is 2. The lowest BCUT2D eigenvalue weighted by Gasteiger charge is -2.31. The monoisotopic (exact) mass is 453 g/mol. The number of benzene rings is 1. The number of aliphatic hydroxyl groups is 2. The summed E-state index contributed by atoms with van der Waals surface area (Å²) < 4.78 is 6.42. The van der Waals surface area contributed by atoms with Gasteiger partial charge in [0.15, 0.2) is 0 Å². The minimum absolute atomic E-state index is 0.0124. The number of unbranched alkanes of at least 4 members (excludes halogenated alkanes) is 1. The van der Waals surface area contributed by atoms with Gasteiger partial charge in [-0.15, -0.1) is 11.8 Å². The molecule has 1 fully saturated rings. The van der Waals surface area contributed by atoms with Gasteiger partial charge in [0.1, 0.15) is 11.9 Å². The molecule has 182 valence electrons. The summed E-state index contributed by atoms with van der Waals surface area (Å²) in [5, 5.41) is 21.2. The second-order valence-corrected chi connectivity index (χ2v) is 10.9. The van der Waals surface area contributed by atoms with Crippen molar-refractivity contribution in [1.82, 2.24) is 4.90 Å². The van der Waals surface area contributed by atoms with Crippen molar-refractivity contribution in [3.63, 3.8) is 0 Å². The van der Waals surface area contributed by atoms with Crippen LogP contribution in [-0.2, 0) is 6.42 Å². The number of fused-ring (bicyclic) bond motifs is 3. The molecule has 0 unspecified atom stereocenters. The molecule has 4 heteroatoms. The number of ether oxygens (including phenoxy) is 1. The van der Waals surface area contributed by atoms with Crippen molar-refractivity contribution in [3.05, 3.63) is 41.5 Å². The fourth-order valence-corrected chi connectivity index (χ4v) is 4.98. The van der Waals surface area contributed by atoms with Gasteiger partial charge in [0.05, 0.1) is 12.2 Å². The minimum atomic E-state index is -0.559. The molecule has 1 heterocycles. The second kappa shape index (κ2) is 11.1. The van der Waals surface area contributed by atoms with Gasteiger partial charge in [-0.05, 0) is 72.0 Å². The zero-order valence-electron chi connectivity index (χ0n) is 21.3. The third-order valence-corrected chi connectivity index (χ3v) is 7.54. The van der Waals surface area contributed by atoms with E-state index in [0.29, 0.717) is 12.8 Å². The van der Waals surface area contributed by atoms with Crippen LogP contribution in [0.1, 0.15) is 77.3 Å².